The second-order valence-corrected chi connectivity index (χ2v) is 18.6. The summed E-state index contributed by atoms with van der Waals surface area (Å²) < 4.78 is 0. The number of rotatable bonds is 14. The van der Waals surface area contributed by atoms with Crippen LogP contribution in [0.1, 0.15) is 32.5 Å². The first-order valence-corrected chi connectivity index (χ1v) is 23.2. The number of aliphatic carboxylic acids is 2. The fraction of sp³-hybridized carbons (Fsp3) is 0.250. The van der Waals surface area contributed by atoms with E-state index in [9.17, 15) is 38.4 Å². The van der Waals surface area contributed by atoms with Gasteiger partial charge in [-0.05, 0) is 11.1 Å². The predicted octanol–water partition coefficient (Wildman–Crippen LogP) is -3.60. The van der Waals surface area contributed by atoms with Gasteiger partial charge in [-0.25, -0.2) is 9.97 Å². The Hall–Kier alpha value is -3.52. The largest absolute Gasteiger partial charge is 1.00 e. The number of carboxylic acid groups (broad SMARTS) is 2. The number of β-lactam (4-membered cyclic amide) rings is 2. The maximum atomic E-state index is 12.8. The summed E-state index contributed by atoms with van der Waals surface area (Å²) in [6.07, 6.45) is -0.146. The van der Waals surface area contributed by atoms with Gasteiger partial charge in [-0.1, -0.05) is 60.7 Å². The van der Waals surface area contributed by atoms with Crippen LogP contribution >= 0.6 is 46.2 Å². The minimum Gasteiger partial charge on any atom is -0.735 e. The molecule has 2 fully saturated rings. The molecule has 0 aliphatic carbocycles. The second kappa shape index (κ2) is 22.8. The molecule has 320 valence electrons. The maximum Gasteiger partial charge on any atom is 1.00 e. The van der Waals surface area contributed by atoms with Crippen LogP contribution in [0, 0.1) is 0 Å². The van der Waals surface area contributed by atoms with Crippen molar-refractivity contribution in [3.63, 3.8) is 0 Å². The van der Waals surface area contributed by atoms with Crippen molar-refractivity contribution in [2.24, 2.45) is 0 Å². The number of nitrogens with one attached hydrogen (secondary N) is 2. The van der Waals surface area contributed by atoms with E-state index < -0.39 is 56.8 Å². The van der Waals surface area contributed by atoms with Gasteiger partial charge in [0.15, 0.2) is 0 Å². The average Bonchev–Trinajstić information content (AvgIpc) is 3.90. The van der Waals surface area contributed by atoms with Gasteiger partial charge in [-0.2, -0.15) is 0 Å². The monoisotopic (exact) mass is 994 g/mol. The van der Waals surface area contributed by atoms with Crippen molar-refractivity contribution in [1.82, 2.24) is 30.4 Å². The van der Waals surface area contributed by atoms with Crippen molar-refractivity contribution in [2.75, 3.05) is 11.5 Å². The molecule has 0 spiro atoms. The van der Waals surface area contributed by atoms with Crippen LogP contribution in [0.2, 0.25) is 0 Å². The van der Waals surface area contributed by atoms with E-state index in [1.165, 1.54) is 56.0 Å². The Balaban J connectivity index is 0.000000234. The number of nitrogens with zero attached hydrogens (tertiary/aromatic N) is 4. The fourth-order valence-electron chi connectivity index (χ4n) is 6.92. The second-order valence-electron chi connectivity index (χ2n) is 13.9. The molecule has 64 heavy (non-hydrogen) atoms. The van der Waals surface area contributed by atoms with Gasteiger partial charge in [0.1, 0.15) is 32.8 Å². The molecule has 4 aliphatic heterocycles. The van der Waals surface area contributed by atoms with Gasteiger partial charge in [-0.3, -0.25) is 38.6 Å². The van der Waals surface area contributed by atoms with E-state index in [1.54, 1.807) is 10.8 Å². The zero-order valence-electron chi connectivity index (χ0n) is 33.9. The third kappa shape index (κ3) is 11.7. The zero-order valence-corrected chi connectivity index (χ0v) is 42.8. The Labute approximate surface area is 437 Å². The van der Waals surface area contributed by atoms with Crippen LogP contribution in [-0.4, -0.2) is 110 Å². The summed E-state index contributed by atoms with van der Waals surface area (Å²) in [6, 6.07) is 16.9. The van der Waals surface area contributed by atoms with Crippen molar-refractivity contribution in [2.45, 2.75) is 48.5 Å². The van der Waals surface area contributed by atoms with E-state index in [-0.39, 0.29) is 108 Å². The van der Waals surface area contributed by atoms with E-state index in [2.05, 4.69) is 20.6 Å². The standard InChI is InChI=1S/2C20H17N3O5S3.2Na/c2*24-13(6-10-4-2-1-3-5-10)22-15-18(27)23-16(20(28)29)12(9-31-19(15)23)17-21-11(8-30-17)7-14(25)26;;/h2*1-5,8,15,19H,6-7,9H2,(H,22,24)(H,25,26)(H,28,29);;/q;;2*+1/p-2/t2*15-,19-;;/m11../s1. The Bertz CT molecular complexity index is 2380. The Kier molecular flexibility index (Phi) is 18.3. The normalized spacial score (nSPS) is 19.5. The summed E-state index contributed by atoms with van der Waals surface area (Å²) in [5.41, 5.74) is 3.65. The number of aromatic nitrogens is 2. The topological polar surface area (TPSA) is 233 Å². The van der Waals surface area contributed by atoms with Crippen molar-refractivity contribution in [3.05, 3.63) is 115 Å². The third-order valence-corrected chi connectivity index (χ3v) is 14.5. The first kappa shape index (κ1) is 51.5. The van der Waals surface area contributed by atoms with E-state index in [0.717, 1.165) is 11.1 Å². The molecular weight excluding hydrogens is 963 g/mol. The zero-order chi connectivity index (χ0) is 44.2. The van der Waals surface area contributed by atoms with Crippen LogP contribution in [0.4, 0.5) is 0 Å². The SMILES string of the molecule is O=C(O)Cc1csc(C2=C(C(=O)[S-])N3C(=O)[C@@H](NC(=O)Cc4ccccc4)[C@H]3SC2)n1.O=C(O)Cc1csc(C2=C(C(=O)[S-])N3C(=O)[C@@H](NC(=O)Cc4ccccc4)[C@H]3SC2)n1.[Na+].[Na+]. The van der Waals surface area contributed by atoms with Gasteiger partial charge in [0.05, 0.1) is 58.7 Å². The average molecular weight is 995 g/mol. The number of thioether (sulfide) groups is 2. The van der Waals surface area contributed by atoms with Gasteiger partial charge in [0.2, 0.25) is 11.8 Å². The molecular formula is C40H32N6Na2O10S6. The predicted molar refractivity (Wildman–Crippen MR) is 236 cm³/mol. The van der Waals surface area contributed by atoms with E-state index >= 15 is 0 Å². The Morgan fingerprint density at radius 2 is 0.969 bits per heavy atom. The summed E-state index contributed by atoms with van der Waals surface area (Å²) in [4.78, 5) is 108. The van der Waals surface area contributed by atoms with Gasteiger partial charge in [-0.15, -0.1) is 46.2 Å². The number of amides is 4. The number of carboxylic acids is 2. The molecule has 8 rings (SSSR count). The minimum atomic E-state index is -1.00. The molecule has 4 atom stereocenters. The van der Waals surface area contributed by atoms with E-state index in [0.29, 0.717) is 44.1 Å². The quantitative estimate of drug-likeness (QED) is 0.0543. The van der Waals surface area contributed by atoms with Crippen molar-refractivity contribution in [1.29, 1.82) is 0 Å². The molecule has 4 N–H and O–H groups in total. The minimum absolute atomic E-state index is 0. The first-order valence-electron chi connectivity index (χ1n) is 18.5. The van der Waals surface area contributed by atoms with Gasteiger partial charge in [0, 0.05) is 33.4 Å². The van der Waals surface area contributed by atoms with Crippen LogP contribution in [0.3, 0.4) is 0 Å². The number of carbonyl (C=O) groups excluding carboxylic acids is 6. The van der Waals surface area contributed by atoms with Crippen molar-refractivity contribution < 1.29 is 108 Å². The number of thiazole rings is 2. The summed E-state index contributed by atoms with van der Waals surface area (Å²) in [5.74, 6) is -2.61. The summed E-state index contributed by atoms with van der Waals surface area (Å²) in [5, 5.41) is 25.3. The smallest absolute Gasteiger partial charge is 0.735 e. The summed E-state index contributed by atoms with van der Waals surface area (Å²) in [7, 11) is 0. The molecule has 4 aromatic rings. The molecule has 16 nitrogen and oxygen atoms in total. The molecule has 4 amide bonds. The molecule has 0 bridgehead atoms. The summed E-state index contributed by atoms with van der Waals surface area (Å²) >= 11 is 15.0. The molecule has 0 radical (unpaired) electrons. The van der Waals surface area contributed by atoms with Gasteiger partial charge < -0.3 is 55.7 Å². The van der Waals surface area contributed by atoms with Crippen LogP contribution in [0.25, 0.3) is 11.1 Å². The molecule has 0 saturated carbocycles. The molecule has 2 saturated heterocycles. The van der Waals surface area contributed by atoms with Crippen LogP contribution in [-0.2, 0) is 89.3 Å². The Morgan fingerprint density at radius 3 is 1.30 bits per heavy atom. The molecule has 2 aromatic carbocycles. The number of hydrogen-bond acceptors (Lipinski definition) is 16. The van der Waals surface area contributed by atoms with Crippen LogP contribution in [0.5, 0.6) is 0 Å². The van der Waals surface area contributed by atoms with E-state index in [1.807, 2.05) is 60.7 Å². The number of carbonyl (C=O) groups is 8. The van der Waals surface area contributed by atoms with Crippen molar-refractivity contribution >= 4 is 128 Å². The van der Waals surface area contributed by atoms with Crippen LogP contribution in [0.15, 0.2) is 82.8 Å². The maximum absolute atomic E-state index is 12.8. The third-order valence-electron chi connectivity index (χ3n) is 9.66. The van der Waals surface area contributed by atoms with Crippen molar-refractivity contribution in [3.8, 4) is 0 Å². The number of benzene rings is 2. The molecule has 24 heteroatoms. The molecule has 2 aromatic heterocycles. The number of fused-ring (bicyclic) bond motifs is 2. The number of hydrogen-bond donors (Lipinski definition) is 4. The molecule has 6 heterocycles. The van der Waals surface area contributed by atoms with Crippen LogP contribution < -0.4 is 69.7 Å². The molecule has 0 unspecified atom stereocenters. The fourth-order valence-corrected chi connectivity index (χ4v) is 12.0. The summed E-state index contributed by atoms with van der Waals surface area (Å²) in [6.45, 7) is 0. The first-order chi connectivity index (χ1) is 29.7. The van der Waals surface area contributed by atoms with Gasteiger partial charge >= 0.3 is 71.1 Å². The van der Waals surface area contributed by atoms with E-state index in [4.69, 9.17) is 35.5 Å². The molecule has 4 aliphatic rings. The van der Waals surface area contributed by atoms with Gasteiger partial charge in [0.25, 0.3) is 11.8 Å². The Morgan fingerprint density at radius 1 is 0.609 bits per heavy atom.